The maximum Gasteiger partial charge on any atom is 0.410 e. The van der Waals surface area contributed by atoms with Gasteiger partial charge in [0.1, 0.15) is 11.2 Å². The molecule has 1 aromatic heterocycles. The molecule has 0 bridgehead atoms. The summed E-state index contributed by atoms with van der Waals surface area (Å²) in [4.78, 5) is 14.5. The second-order valence-corrected chi connectivity index (χ2v) is 13.0. The number of likely N-dealkylation sites (tertiary alicyclic amines) is 1. The van der Waals surface area contributed by atoms with Crippen molar-refractivity contribution < 1.29 is 23.9 Å². The van der Waals surface area contributed by atoms with Gasteiger partial charge in [0.2, 0.25) is 0 Å². The predicted molar refractivity (Wildman–Crippen MR) is 154 cm³/mol. The smallest absolute Gasteiger partial charge is 0.410 e. The zero-order valence-corrected chi connectivity index (χ0v) is 24.6. The maximum absolute atomic E-state index is 12.8. The molecule has 2 fully saturated rings. The highest BCUT2D eigenvalue weighted by molar-refractivity contribution is 5.70. The van der Waals surface area contributed by atoms with Gasteiger partial charge in [-0.05, 0) is 62.3 Å². The van der Waals surface area contributed by atoms with Crippen LogP contribution in [0.3, 0.4) is 0 Å². The molecule has 7 nitrogen and oxygen atoms in total. The Balaban J connectivity index is 1.50. The van der Waals surface area contributed by atoms with Gasteiger partial charge in [0.05, 0.1) is 5.69 Å². The second-order valence-electron chi connectivity index (χ2n) is 13.0. The molecule has 0 saturated carbocycles. The van der Waals surface area contributed by atoms with Gasteiger partial charge >= 0.3 is 6.09 Å². The van der Waals surface area contributed by atoms with Crippen LogP contribution in [0.15, 0.2) is 59.1 Å². The first kappa shape index (κ1) is 28.4. The number of benzene rings is 2. The summed E-state index contributed by atoms with van der Waals surface area (Å²) in [5.74, 6) is 1.39. The Labute approximate surface area is 237 Å². The molecule has 0 unspecified atom stereocenters. The fraction of sp³-hybridized carbons (Fsp3) is 0.515. The number of aromatic nitrogens is 1. The normalized spacial score (nSPS) is 19.2. The summed E-state index contributed by atoms with van der Waals surface area (Å²) in [5, 5.41) is 17.1. The van der Waals surface area contributed by atoms with Crippen LogP contribution in [0.2, 0.25) is 0 Å². The van der Waals surface area contributed by atoms with Crippen molar-refractivity contribution >= 4 is 6.09 Å². The van der Waals surface area contributed by atoms with E-state index in [0.29, 0.717) is 30.7 Å². The van der Waals surface area contributed by atoms with Gasteiger partial charge < -0.3 is 24.0 Å². The van der Waals surface area contributed by atoms with E-state index in [2.05, 4.69) is 31.1 Å². The van der Waals surface area contributed by atoms with E-state index >= 15 is 0 Å². The highest BCUT2D eigenvalue weighted by atomic mass is 16.6. The first-order chi connectivity index (χ1) is 18.9. The molecule has 0 aliphatic carbocycles. The van der Waals surface area contributed by atoms with Crippen LogP contribution in [0.4, 0.5) is 4.79 Å². The van der Waals surface area contributed by atoms with Gasteiger partial charge in [0, 0.05) is 49.3 Å². The number of amides is 1. The molecule has 1 N–H and O–H groups in total. The Kier molecular flexibility index (Phi) is 7.57. The number of rotatable bonds is 6. The van der Waals surface area contributed by atoms with Gasteiger partial charge in [0.15, 0.2) is 5.76 Å². The fourth-order valence-electron chi connectivity index (χ4n) is 5.96. The SMILES string of the molecule is CC(C)c1ccc([C@](O)(c2cccc(-c3cc(C4CCOCC4)no3)c2)C2(C)CN(C(=O)OC(C)(C)C)C2)cc1. The van der Waals surface area contributed by atoms with E-state index in [1.165, 1.54) is 5.56 Å². The summed E-state index contributed by atoms with van der Waals surface area (Å²) < 4.78 is 16.9. The molecule has 3 heterocycles. The van der Waals surface area contributed by atoms with Gasteiger partial charge in [0.25, 0.3) is 0 Å². The molecular weight excluding hydrogens is 504 g/mol. The van der Waals surface area contributed by atoms with Crippen molar-refractivity contribution in [2.24, 2.45) is 5.41 Å². The van der Waals surface area contributed by atoms with E-state index < -0.39 is 16.6 Å². The molecule has 5 rings (SSSR count). The van der Waals surface area contributed by atoms with Gasteiger partial charge in [-0.15, -0.1) is 0 Å². The van der Waals surface area contributed by atoms with E-state index in [0.717, 1.165) is 48.4 Å². The van der Waals surface area contributed by atoms with Crippen molar-refractivity contribution in [1.82, 2.24) is 10.1 Å². The number of nitrogens with zero attached hydrogens (tertiary/aromatic N) is 2. The van der Waals surface area contributed by atoms with Crippen LogP contribution in [-0.2, 0) is 15.1 Å². The summed E-state index contributed by atoms with van der Waals surface area (Å²) in [6.07, 6.45) is 1.51. The standard InChI is InChI=1S/C33H42N2O5/c1-22(2)23-10-12-26(13-11-23)33(37,32(6)20-35(21-32)30(36)39-31(3,4)5)27-9-7-8-25(18-27)29-19-28(34-40-29)24-14-16-38-17-15-24/h7-13,18-19,22,24,37H,14-17,20-21H2,1-6H3/t33-/m0/s1. The molecule has 7 heteroatoms. The third kappa shape index (κ3) is 5.41. The number of ether oxygens (including phenoxy) is 2. The molecule has 2 saturated heterocycles. The van der Waals surface area contributed by atoms with Crippen molar-refractivity contribution in [2.45, 2.75) is 77.4 Å². The first-order valence-electron chi connectivity index (χ1n) is 14.4. The van der Waals surface area contributed by atoms with Crippen LogP contribution < -0.4 is 0 Å². The average molecular weight is 547 g/mol. The second kappa shape index (κ2) is 10.7. The van der Waals surface area contributed by atoms with E-state index in [4.69, 9.17) is 14.0 Å². The molecule has 1 atom stereocenters. The molecule has 2 aliphatic rings. The summed E-state index contributed by atoms with van der Waals surface area (Å²) in [6.45, 7) is 14.1. The van der Waals surface area contributed by atoms with Crippen molar-refractivity contribution in [3.05, 3.63) is 77.0 Å². The minimum Gasteiger partial charge on any atom is -0.444 e. The Morgan fingerprint density at radius 3 is 2.35 bits per heavy atom. The number of carbonyl (C=O) groups is 1. The van der Waals surface area contributed by atoms with Gasteiger partial charge in [-0.1, -0.05) is 68.4 Å². The van der Waals surface area contributed by atoms with E-state index in [1.807, 2.05) is 70.2 Å². The molecule has 2 aliphatic heterocycles. The molecular formula is C33H42N2O5. The molecule has 0 radical (unpaired) electrons. The topological polar surface area (TPSA) is 85.0 Å². The van der Waals surface area contributed by atoms with Crippen LogP contribution in [0.1, 0.15) is 88.6 Å². The van der Waals surface area contributed by atoms with Gasteiger partial charge in [-0.3, -0.25) is 0 Å². The van der Waals surface area contributed by atoms with E-state index in [1.54, 1.807) is 4.90 Å². The van der Waals surface area contributed by atoms with Crippen molar-refractivity contribution in [3.8, 4) is 11.3 Å². The Morgan fingerprint density at radius 1 is 1.05 bits per heavy atom. The summed E-state index contributed by atoms with van der Waals surface area (Å²) in [7, 11) is 0. The van der Waals surface area contributed by atoms with E-state index in [9.17, 15) is 9.90 Å². The molecule has 40 heavy (non-hydrogen) atoms. The number of hydrogen-bond donors (Lipinski definition) is 1. The molecule has 1 amide bonds. The Bertz CT molecular complexity index is 1330. The highest BCUT2D eigenvalue weighted by Gasteiger charge is 2.58. The molecule has 3 aromatic rings. The largest absolute Gasteiger partial charge is 0.444 e. The predicted octanol–water partition coefficient (Wildman–Crippen LogP) is 6.85. The lowest BCUT2D eigenvalue weighted by atomic mass is 9.61. The van der Waals surface area contributed by atoms with Gasteiger partial charge in [-0.25, -0.2) is 4.79 Å². The number of hydrogen-bond acceptors (Lipinski definition) is 6. The molecule has 2 aromatic carbocycles. The summed E-state index contributed by atoms with van der Waals surface area (Å²) in [6, 6.07) is 18.1. The average Bonchev–Trinajstić information content (AvgIpc) is 3.41. The maximum atomic E-state index is 12.8. The van der Waals surface area contributed by atoms with Crippen molar-refractivity contribution in [1.29, 1.82) is 0 Å². The van der Waals surface area contributed by atoms with Crippen LogP contribution in [-0.4, -0.2) is 53.2 Å². The zero-order valence-electron chi connectivity index (χ0n) is 24.6. The Hall–Kier alpha value is -3.16. The lowest BCUT2D eigenvalue weighted by molar-refractivity contribution is -0.131. The lowest BCUT2D eigenvalue weighted by Crippen LogP contribution is -2.66. The zero-order chi connectivity index (χ0) is 28.7. The number of carbonyl (C=O) groups excluding carboxylic acids is 1. The number of aliphatic hydroxyl groups is 1. The summed E-state index contributed by atoms with van der Waals surface area (Å²) in [5.41, 5.74) is 1.96. The lowest BCUT2D eigenvalue weighted by Gasteiger charge is -2.56. The van der Waals surface area contributed by atoms with Crippen molar-refractivity contribution in [2.75, 3.05) is 26.3 Å². The van der Waals surface area contributed by atoms with Crippen LogP contribution in [0.25, 0.3) is 11.3 Å². The molecule has 214 valence electrons. The van der Waals surface area contributed by atoms with E-state index in [-0.39, 0.29) is 6.09 Å². The van der Waals surface area contributed by atoms with Crippen LogP contribution in [0.5, 0.6) is 0 Å². The Morgan fingerprint density at radius 2 is 1.73 bits per heavy atom. The van der Waals surface area contributed by atoms with Crippen LogP contribution in [0, 0.1) is 5.41 Å². The fourth-order valence-corrected chi connectivity index (χ4v) is 5.96. The highest BCUT2D eigenvalue weighted by Crippen LogP contribution is 2.51. The quantitative estimate of drug-likeness (QED) is 0.364. The first-order valence-corrected chi connectivity index (χ1v) is 14.4. The minimum atomic E-state index is -1.36. The minimum absolute atomic E-state index is 0.332. The third-order valence-electron chi connectivity index (χ3n) is 8.33. The molecule has 0 spiro atoms. The summed E-state index contributed by atoms with van der Waals surface area (Å²) >= 11 is 0. The van der Waals surface area contributed by atoms with Crippen LogP contribution >= 0.6 is 0 Å². The third-order valence-corrected chi connectivity index (χ3v) is 8.33. The van der Waals surface area contributed by atoms with Crippen molar-refractivity contribution in [3.63, 3.8) is 0 Å². The monoisotopic (exact) mass is 546 g/mol. The van der Waals surface area contributed by atoms with Gasteiger partial charge in [-0.2, -0.15) is 0 Å².